The zero-order chi connectivity index (χ0) is 45.8. The quantitative estimate of drug-likeness (QED) is 0.127. The molecule has 3 aromatic carbocycles. The van der Waals surface area contributed by atoms with Gasteiger partial charge in [0.25, 0.3) is 5.91 Å². The van der Waals surface area contributed by atoms with Crippen LogP contribution in [0.1, 0.15) is 113 Å². The molecule has 3 aliphatic heterocycles. The van der Waals surface area contributed by atoms with Crippen molar-refractivity contribution in [1.29, 1.82) is 0 Å². The van der Waals surface area contributed by atoms with Crippen LogP contribution < -0.4 is 5.32 Å². The normalized spacial score (nSPS) is 17.6. The van der Waals surface area contributed by atoms with Crippen molar-refractivity contribution in [3.05, 3.63) is 128 Å². The van der Waals surface area contributed by atoms with Gasteiger partial charge >= 0.3 is 5.97 Å². The van der Waals surface area contributed by atoms with Crippen molar-refractivity contribution in [1.82, 2.24) is 34.9 Å². The van der Waals surface area contributed by atoms with E-state index < -0.39 is 18.1 Å². The fraction of sp³-hybridized carbons (Fsp3) is 0.360. The van der Waals surface area contributed by atoms with Crippen LogP contribution >= 0.6 is 22.7 Å². The Balaban J connectivity index is 0.921. The maximum Gasteiger partial charge on any atom is 0.308 e. The van der Waals surface area contributed by atoms with Gasteiger partial charge in [-0.1, -0.05) is 68.4 Å². The van der Waals surface area contributed by atoms with Crippen molar-refractivity contribution in [2.24, 2.45) is 10.9 Å². The molecule has 0 spiro atoms. The number of amides is 3. The first kappa shape index (κ1) is 43.9. The summed E-state index contributed by atoms with van der Waals surface area (Å²) in [4.78, 5) is 70.4. The summed E-state index contributed by atoms with van der Waals surface area (Å²) >= 11 is 3.26. The van der Waals surface area contributed by atoms with Gasteiger partial charge in [-0.2, -0.15) is 0 Å². The number of fused-ring (bicyclic) bond motifs is 4. The largest absolute Gasteiger partial charge is 0.469 e. The summed E-state index contributed by atoms with van der Waals surface area (Å²) in [5.74, 6) is 0.175. The molecular formula is C50H52N8O5S2. The number of nitrogens with zero attached hydrogens (tertiary/aromatic N) is 7. The summed E-state index contributed by atoms with van der Waals surface area (Å²) < 4.78 is 7.07. The Morgan fingerprint density at radius 2 is 1.62 bits per heavy atom. The predicted molar refractivity (Wildman–Crippen MR) is 252 cm³/mol. The van der Waals surface area contributed by atoms with E-state index in [1.54, 1.807) is 32.5 Å². The van der Waals surface area contributed by atoms with E-state index in [4.69, 9.17) is 9.73 Å². The summed E-state index contributed by atoms with van der Waals surface area (Å²) in [6.45, 7) is 14.7. The van der Waals surface area contributed by atoms with Crippen molar-refractivity contribution in [2.45, 2.75) is 98.4 Å². The van der Waals surface area contributed by atoms with Crippen molar-refractivity contribution in [3.63, 3.8) is 0 Å². The number of methoxy groups -OCH3 is 1. The Bertz CT molecular complexity index is 2880. The third kappa shape index (κ3) is 7.98. The van der Waals surface area contributed by atoms with Gasteiger partial charge in [0, 0.05) is 34.7 Å². The van der Waals surface area contributed by atoms with Gasteiger partial charge in [-0.15, -0.1) is 32.9 Å². The molecule has 1 saturated heterocycles. The van der Waals surface area contributed by atoms with E-state index in [0.29, 0.717) is 30.8 Å². The highest BCUT2D eigenvalue weighted by atomic mass is 32.1. The maximum absolute atomic E-state index is 14.6. The maximum atomic E-state index is 14.6. The van der Waals surface area contributed by atoms with Crippen LogP contribution in [0.3, 0.4) is 0 Å². The molecule has 3 aliphatic rings. The van der Waals surface area contributed by atoms with E-state index in [1.807, 2.05) is 99.3 Å². The number of ether oxygens (including phenoxy) is 1. The molecule has 1 fully saturated rings. The Morgan fingerprint density at radius 3 is 2.31 bits per heavy atom. The Morgan fingerprint density at radius 1 is 0.908 bits per heavy atom. The molecule has 0 aliphatic carbocycles. The van der Waals surface area contributed by atoms with Crippen molar-refractivity contribution < 1.29 is 23.9 Å². The summed E-state index contributed by atoms with van der Waals surface area (Å²) in [5, 5.41) is 13.0. The molecule has 1 N–H and O–H groups in total. The second-order valence-corrected chi connectivity index (χ2v) is 19.6. The summed E-state index contributed by atoms with van der Waals surface area (Å²) in [5.41, 5.74) is 12.0. The number of hydrogen-bond donors (Lipinski definition) is 1. The zero-order valence-electron chi connectivity index (χ0n) is 37.8. The number of nitrogens with one attached hydrogen (secondary N) is 1. The molecular weight excluding hydrogens is 857 g/mol. The van der Waals surface area contributed by atoms with Crippen molar-refractivity contribution in [2.75, 3.05) is 13.7 Å². The molecule has 6 aromatic rings. The van der Waals surface area contributed by atoms with E-state index in [9.17, 15) is 19.2 Å². The lowest BCUT2D eigenvalue weighted by molar-refractivity contribution is -0.143. The number of thiazole rings is 1. The average Bonchev–Trinajstić information content (AvgIpc) is 4.14. The second-order valence-electron chi connectivity index (χ2n) is 17.6. The Kier molecular flexibility index (Phi) is 11.9. The third-order valence-corrected chi connectivity index (χ3v) is 15.3. The van der Waals surface area contributed by atoms with Gasteiger partial charge in [-0.25, -0.2) is 4.98 Å². The van der Waals surface area contributed by atoms with Gasteiger partial charge in [0.2, 0.25) is 11.8 Å². The van der Waals surface area contributed by atoms with Crippen molar-refractivity contribution >= 4 is 52.1 Å². The van der Waals surface area contributed by atoms with Gasteiger partial charge in [0.05, 0.1) is 41.4 Å². The van der Waals surface area contributed by atoms with E-state index in [2.05, 4.69) is 46.5 Å². The Labute approximate surface area is 386 Å². The number of aryl methyl sites for hydroxylation is 3. The van der Waals surface area contributed by atoms with Crippen LogP contribution in [-0.4, -0.2) is 84.7 Å². The van der Waals surface area contributed by atoms with Crippen molar-refractivity contribution in [3.8, 4) is 26.6 Å². The van der Waals surface area contributed by atoms with Crippen LogP contribution in [0.2, 0.25) is 0 Å². The average molecular weight is 909 g/mol. The van der Waals surface area contributed by atoms with Gasteiger partial charge in [-0.05, 0) is 98.9 Å². The topological polar surface area (TPSA) is 152 Å². The molecule has 0 bridgehead atoms. The second kappa shape index (κ2) is 17.6. The predicted octanol–water partition coefficient (Wildman–Crippen LogP) is 8.66. The number of aromatic nitrogens is 4. The summed E-state index contributed by atoms with van der Waals surface area (Å²) in [6.07, 6.45) is 1.29. The Hall–Kier alpha value is -6.32. The van der Waals surface area contributed by atoms with Gasteiger partial charge in [-0.3, -0.25) is 28.7 Å². The van der Waals surface area contributed by atoms with Crippen LogP contribution in [0.5, 0.6) is 0 Å². The lowest BCUT2D eigenvalue weighted by Crippen LogP contribution is -2.55. The van der Waals surface area contributed by atoms with Crippen LogP contribution in [0, 0.1) is 33.6 Å². The number of carbonyl (C=O) groups is 4. The molecule has 4 atom stereocenters. The first-order valence-electron chi connectivity index (χ1n) is 22.1. The molecule has 13 nitrogen and oxygen atoms in total. The van der Waals surface area contributed by atoms with Gasteiger partial charge < -0.3 is 19.9 Å². The summed E-state index contributed by atoms with van der Waals surface area (Å²) in [7, 11) is 1.37. The van der Waals surface area contributed by atoms with Crippen LogP contribution in [-0.2, 0) is 25.7 Å². The number of aliphatic imine (C=N–C) groups is 1. The monoisotopic (exact) mass is 908 g/mol. The molecule has 3 amide bonds. The van der Waals surface area contributed by atoms with E-state index in [1.165, 1.54) is 7.11 Å². The third-order valence-electron chi connectivity index (χ3n) is 13.1. The summed E-state index contributed by atoms with van der Waals surface area (Å²) in [6, 6.07) is 20.0. The zero-order valence-corrected chi connectivity index (χ0v) is 39.5. The first-order chi connectivity index (χ1) is 31.2. The number of carbonyl (C=O) groups excluding carboxylic acids is 4. The SMILES string of the molecule is COC(=O)CC1N=C(c2ccc(-c3ccc4c(c3)CN(C(C(=O)N3CCCC3C(=O)NC(C)c3ccc(-c5scnc5C)cc3)C(C)C)C4=O)cc2)c2c(sc(C)c2C)-n2c(C)nnc21. The van der Waals surface area contributed by atoms with E-state index in [-0.39, 0.29) is 48.6 Å². The van der Waals surface area contributed by atoms with Gasteiger partial charge in [0.15, 0.2) is 5.82 Å². The highest BCUT2D eigenvalue weighted by Gasteiger charge is 2.44. The lowest BCUT2D eigenvalue weighted by Gasteiger charge is -2.35. The number of esters is 1. The minimum absolute atomic E-state index is 0.0232. The fourth-order valence-corrected chi connectivity index (χ4v) is 11.5. The van der Waals surface area contributed by atoms with Gasteiger partial charge in [0.1, 0.15) is 29.0 Å². The highest BCUT2D eigenvalue weighted by Crippen LogP contribution is 2.40. The minimum Gasteiger partial charge on any atom is -0.469 e. The first-order valence-corrected chi connectivity index (χ1v) is 23.8. The molecule has 4 unspecified atom stereocenters. The van der Waals surface area contributed by atoms with Crippen LogP contribution in [0.4, 0.5) is 0 Å². The van der Waals surface area contributed by atoms with Crippen LogP contribution in [0.15, 0.2) is 77.2 Å². The molecule has 0 radical (unpaired) electrons. The number of likely N-dealkylation sites (tertiary alicyclic amines) is 1. The number of benzene rings is 3. The fourth-order valence-electron chi connectivity index (χ4n) is 9.48. The molecule has 334 valence electrons. The number of rotatable bonds is 11. The smallest absolute Gasteiger partial charge is 0.308 e. The number of hydrogen-bond acceptors (Lipinski definition) is 11. The molecule has 3 aromatic heterocycles. The lowest BCUT2D eigenvalue weighted by atomic mass is 9.96. The number of thiophene rings is 1. The van der Waals surface area contributed by atoms with E-state index >= 15 is 0 Å². The molecule has 15 heteroatoms. The van der Waals surface area contributed by atoms with E-state index in [0.717, 1.165) is 76.5 Å². The molecule has 65 heavy (non-hydrogen) atoms. The molecule has 0 saturated carbocycles. The molecule has 6 heterocycles. The standard InChI is InChI=1S/C50H52N8O5S2/c1-26(2)44(49(62)56-21-9-10-40(56)47(60)52-28(4)32-11-17-35(18-12-32)45-29(5)51-25-64-45)57-24-37-22-36(19-20-38(37)48(57)61)33-13-15-34(16-14-33)43-42-27(3)30(6)65-50(42)58-31(7)54-55-46(58)39(53-43)23-41(59)63-8/h11-20,22,25-26,28,39-40,44H,9-10,21,23-24H2,1-8H3,(H,52,60). The highest BCUT2D eigenvalue weighted by molar-refractivity contribution is 7.15. The molecule has 9 rings (SSSR count). The minimum atomic E-state index is -0.736. The van der Waals surface area contributed by atoms with Crippen LogP contribution in [0.25, 0.3) is 26.6 Å².